The molecule has 0 spiro atoms. The van der Waals surface area contributed by atoms with E-state index in [1.807, 2.05) is 48.5 Å². The molecular formula is C37H55N3O8. The van der Waals surface area contributed by atoms with Crippen LogP contribution in [0.15, 0.2) is 36.7 Å². The molecule has 0 fully saturated rings. The summed E-state index contributed by atoms with van der Waals surface area (Å²) in [5.74, 6) is -0.642. The molecule has 11 heteroatoms. The van der Waals surface area contributed by atoms with E-state index in [-0.39, 0.29) is 93.6 Å². The molecule has 0 aliphatic heterocycles. The smallest absolute Gasteiger partial charge is 0.270 e. The molecule has 48 heavy (non-hydrogen) atoms. The van der Waals surface area contributed by atoms with Crippen LogP contribution in [0.2, 0.25) is 0 Å². The van der Waals surface area contributed by atoms with Gasteiger partial charge in [-0.1, -0.05) is 67.5 Å². The fraction of sp³-hybridized carbons (Fsp3) is 0.595. The zero-order valence-electron chi connectivity index (χ0n) is 30.3. The lowest BCUT2D eigenvalue weighted by Gasteiger charge is -2.34. The first-order valence-electron chi connectivity index (χ1n) is 16.7. The molecule has 0 aliphatic carbocycles. The molecule has 0 aromatic carbocycles. The Labute approximate surface area is 285 Å². The summed E-state index contributed by atoms with van der Waals surface area (Å²) in [6.45, 7) is 16.7. The summed E-state index contributed by atoms with van der Waals surface area (Å²) in [5.41, 5.74) is 0.189. The molecule has 2 rings (SSSR count). The van der Waals surface area contributed by atoms with Gasteiger partial charge in [0, 0.05) is 60.5 Å². The third-order valence-electron chi connectivity index (χ3n) is 7.18. The number of aromatic nitrogens is 2. The minimum Gasteiger partial charge on any atom is -0.378 e. The van der Waals surface area contributed by atoms with Crippen molar-refractivity contribution in [3.63, 3.8) is 0 Å². The van der Waals surface area contributed by atoms with E-state index in [1.165, 1.54) is 6.92 Å². The Kier molecular flexibility index (Phi) is 18.8. The summed E-state index contributed by atoms with van der Waals surface area (Å²) in [7, 11) is 0. The number of carbonyl (C=O) groups is 5. The van der Waals surface area contributed by atoms with E-state index in [2.05, 4.69) is 15.3 Å². The van der Waals surface area contributed by atoms with Crippen LogP contribution in [0.3, 0.4) is 0 Å². The van der Waals surface area contributed by atoms with Gasteiger partial charge >= 0.3 is 0 Å². The number of nitrogens with one attached hydrogen (secondary N) is 1. The van der Waals surface area contributed by atoms with Crippen molar-refractivity contribution < 1.29 is 38.2 Å². The zero-order valence-corrected chi connectivity index (χ0v) is 30.3. The quantitative estimate of drug-likeness (QED) is 0.126. The number of ether oxygens (including phenoxy) is 3. The highest BCUT2D eigenvalue weighted by molar-refractivity contribution is 5.98. The molecule has 2 aromatic rings. The highest BCUT2D eigenvalue weighted by Gasteiger charge is 2.35. The number of ketones is 4. The van der Waals surface area contributed by atoms with Gasteiger partial charge in [-0.25, -0.2) is 0 Å². The first-order valence-corrected chi connectivity index (χ1v) is 16.7. The molecule has 0 aliphatic rings. The predicted molar refractivity (Wildman–Crippen MR) is 185 cm³/mol. The van der Waals surface area contributed by atoms with Crippen molar-refractivity contribution in [2.45, 2.75) is 93.5 Å². The molecule has 0 radical (unpaired) electrons. The van der Waals surface area contributed by atoms with Crippen molar-refractivity contribution in [3.8, 4) is 11.1 Å². The second-order valence-electron chi connectivity index (χ2n) is 12.8. The van der Waals surface area contributed by atoms with Gasteiger partial charge in [-0.15, -0.1) is 0 Å². The number of carbonyl (C=O) groups excluding carboxylic acids is 5. The molecule has 1 unspecified atom stereocenters. The summed E-state index contributed by atoms with van der Waals surface area (Å²) >= 11 is 0. The summed E-state index contributed by atoms with van der Waals surface area (Å²) < 4.78 is 17.5. The van der Waals surface area contributed by atoms with Crippen LogP contribution in [-0.2, 0) is 28.6 Å². The fourth-order valence-electron chi connectivity index (χ4n) is 4.16. The molecule has 2 heterocycles. The van der Waals surface area contributed by atoms with E-state index in [0.29, 0.717) is 17.7 Å². The average molecular weight is 670 g/mol. The summed E-state index contributed by atoms with van der Waals surface area (Å²) in [6, 6.07) is 6.76. The van der Waals surface area contributed by atoms with Crippen molar-refractivity contribution in [3.05, 3.63) is 48.0 Å². The lowest BCUT2D eigenvalue weighted by molar-refractivity contribution is -0.123. The van der Waals surface area contributed by atoms with Crippen LogP contribution in [0.4, 0.5) is 0 Å². The summed E-state index contributed by atoms with van der Waals surface area (Å²) in [4.78, 5) is 70.2. The highest BCUT2D eigenvalue weighted by atomic mass is 16.5. The van der Waals surface area contributed by atoms with E-state index in [1.54, 1.807) is 43.6 Å². The Hall–Kier alpha value is -3.67. The van der Waals surface area contributed by atoms with Crippen molar-refractivity contribution in [2.24, 2.45) is 11.3 Å². The molecule has 0 bridgehead atoms. The van der Waals surface area contributed by atoms with E-state index in [9.17, 15) is 24.0 Å². The van der Waals surface area contributed by atoms with Crippen LogP contribution in [-0.4, -0.2) is 84.2 Å². The summed E-state index contributed by atoms with van der Waals surface area (Å²) in [6.07, 6.45) is 4.16. The van der Waals surface area contributed by atoms with E-state index < -0.39 is 16.9 Å². The van der Waals surface area contributed by atoms with Gasteiger partial charge in [-0.05, 0) is 19.1 Å². The summed E-state index contributed by atoms with van der Waals surface area (Å²) in [5, 5.41) is 2.96. The molecular weight excluding hydrogens is 614 g/mol. The van der Waals surface area contributed by atoms with Gasteiger partial charge in [0.1, 0.15) is 34.3 Å². The zero-order chi connectivity index (χ0) is 36.3. The largest absolute Gasteiger partial charge is 0.378 e. The maximum absolute atomic E-state index is 13.5. The van der Waals surface area contributed by atoms with Crippen molar-refractivity contribution in [2.75, 3.05) is 39.6 Å². The Balaban J connectivity index is 0.00000565. The third kappa shape index (κ3) is 15.0. The number of hydrogen-bond acceptors (Lipinski definition) is 10. The van der Waals surface area contributed by atoms with Gasteiger partial charge < -0.3 is 19.5 Å². The lowest BCUT2D eigenvalue weighted by Crippen LogP contribution is -2.59. The molecule has 1 N–H and O–H groups in total. The van der Waals surface area contributed by atoms with Gasteiger partial charge in [0.15, 0.2) is 5.78 Å². The highest BCUT2D eigenvalue weighted by Crippen LogP contribution is 2.23. The Morgan fingerprint density at radius 3 is 1.65 bits per heavy atom. The van der Waals surface area contributed by atoms with Crippen molar-refractivity contribution >= 4 is 29.0 Å². The molecule has 0 saturated heterocycles. The SMILES string of the molecule is CC.CCC(=O)CCOCC(COCCC(C)=O)(COCCC(=O)C(C)C)NC(=O)c1ccc(-c2ccc(C(=O)C(C)(C)C)nc2)cn1. The first kappa shape index (κ1) is 42.4. The minimum absolute atomic E-state index is 0.0395. The van der Waals surface area contributed by atoms with E-state index in [0.717, 1.165) is 5.56 Å². The minimum atomic E-state index is -1.20. The average Bonchev–Trinajstić information content (AvgIpc) is 3.07. The number of rotatable bonds is 21. The number of amides is 1. The topological polar surface area (TPSA) is 151 Å². The standard InChI is InChI=1S/C35H49N3O8.C2H6/c1-8-28(40)14-17-45-22-35(21-44-16-13-25(4)39,23-46-18-15-31(41)24(2)3)38-33(43)30-12-10-27(20-37-30)26-9-11-29(36-19-26)32(42)34(5,6)7;1-2/h9-12,19-20,24H,8,13-18,21-23H2,1-7H3,(H,38,43);1-2H3. The van der Waals surface area contributed by atoms with Gasteiger partial charge in [-0.3, -0.25) is 33.9 Å². The predicted octanol–water partition coefficient (Wildman–Crippen LogP) is 5.88. The lowest BCUT2D eigenvalue weighted by atomic mass is 9.88. The van der Waals surface area contributed by atoms with Crippen LogP contribution in [0.1, 0.15) is 109 Å². The fourth-order valence-corrected chi connectivity index (χ4v) is 4.16. The third-order valence-corrected chi connectivity index (χ3v) is 7.18. The maximum Gasteiger partial charge on any atom is 0.270 e. The Morgan fingerprint density at radius 2 is 1.23 bits per heavy atom. The normalized spacial score (nSPS) is 12.5. The Morgan fingerprint density at radius 1 is 0.750 bits per heavy atom. The van der Waals surface area contributed by atoms with E-state index in [4.69, 9.17) is 14.2 Å². The van der Waals surface area contributed by atoms with Gasteiger partial charge in [-0.2, -0.15) is 0 Å². The van der Waals surface area contributed by atoms with E-state index >= 15 is 0 Å². The van der Waals surface area contributed by atoms with Crippen LogP contribution >= 0.6 is 0 Å². The molecule has 0 saturated carbocycles. The molecule has 11 nitrogen and oxygen atoms in total. The first-order chi connectivity index (χ1) is 22.7. The second-order valence-corrected chi connectivity index (χ2v) is 12.8. The van der Waals surface area contributed by atoms with Crippen LogP contribution < -0.4 is 5.32 Å². The van der Waals surface area contributed by atoms with Crippen molar-refractivity contribution in [1.29, 1.82) is 0 Å². The van der Waals surface area contributed by atoms with Crippen LogP contribution in [0.5, 0.6) is 0 Å². The number of nitrogens with zero attached hydrogens (tertiary/aromatic N) is 2. The van der Waals surface area contributed by atoms with Crippen LogP contribution in [0.25, 0.3) is 11.1 Å². The number of pyridine rings is 2. The second kappa shape index (κ2) is 21.3. The molecule has 1 amide bonds. The number of Topliss-reactive ketones (excluding diaryl/α,β-unsaturated/α-hetero) is 4. The molecule has 2 aromatic heterocycles. The maximum atomic E-state index is 13.5. The van der Waals surface area contributed by atoms with Crippen LogP contribution in [0, 0.1) is 11.3 Å². The van der Waals surface area contributed by atoms with Gasteiger partial charge in [0.2, 0.25) is 0 Å². The van der Waals surface area contributed by atoms with Crippen molar-refractivity contribution in [1.82, 2.24) is 15.3 Å². The monoisotopic (exact) mass is 669 g/mol. The van der Waals surface area contributed by atoms with Gasteiger partial charge in [0.05, 0.1) is 39.6 Å². The Bertz CT molecular complexity index is 1320. The number of hydrogen-bond donors (Lipinski definition) is 1. The molecule has 1 atom stereocenters. The van der Waals surface area contributed by atoms with Gasteiger partial charge in [0.25, 0.3) is 5.91 Å². The molecule has 266 valence electrons.